The molecule has 7 heteroatoms. The number of nitrogens with zero attached hydrogens (tertiary/aromatic N) is 1. The number of carbonyl (C=O) groups excluding carboxylic acids is 3. The molecule has 1 N–H and O–H groups in total. The Labute approximate surface area is 186 Å². The van der Waals surface area contributed by atoms with Gasteiger partial charge in [0.1, 0.15) is 0 Å². The fourth-order valence-corrected chi connectivity index (χ4v) is 5.08. The quantitative estimate of drug-likeness (QED) is 0.719. The van der Waals surface area contributed by atoms with E-state index in [0.29, 0.717) is 25.9 Å². The van der Waals surface area contributed by atoms with Crippen molar-refractivity contribution in [1.29, 1.82) is 0 Å². The van der Waals surface area contributed by atoms with E-state index in [1.165, 1.54) is 16.9 Å². The molecule has 0 spiro atoms. The molecule has 2 atom stereocenters. The molecule has 31 heavy (non-hydrogen) atoms. The van der Waals surface area contributed by atoms with E-state index in [1.807, 2.05) is 29.6 Å². The number of rotatable bonds is 5. The molecule has 2 aromatic rings. The second-order valence-corrected chi connectivity index (χ2v) is 9.22. The fraction of sp³-hybridized carbons (Fsp3) is 0.458. The van der Waals surface area contributed by atoms with Gasteiger partial charge in [-0.2, -0.15) is 0 Å². The third kappa shape index (κ3) is 4.98. The van der Waals surface area contributed by atoms with Crippen molar-refractivity contribution < 1.29 is 19.1 Å². The molecule has 2 aliphatic rings. The van der Waals surface area contributed by atoms with Gasteiger partial charge in [0.2, 0.25) is 0 Å². The van der Waals surface area contributed by atoms with Crippen LogP contribution in [0.4, 0.5) is 0 Å². The number of benzene rings is 1. The number of amides is 2. The Morgan fingerprint density at radius 1 is 1.10 bits per heavy atom. The SMILES string of the molecule is C[C@@H](OC(=O)C1CCN(C(=O)c2cccs2)CC1)C(=O)N[C@@H]1CCCc2ccccc21. The van der Waals surface area contributed by atoms with E-state index in [2.05, 4.69) is 17.4 Å². The molecule has 6 nitrogen and oxygen atoms in total. The van der Waals surface area contributed by atoms with Crippen LogP contribution < -0.4 is 5.32 Å². The van der Waals surface area contributed by atoms with Gasteiger partial charge in [-0.15, -0.1) is 11.3 Å². The highest BCUT2D eigenvalue weighted by Crippen LogP contribution is 2.29. The van der Waals surface area contributed by atoms with Gasteiger partial charge in [0.25, 0.3) is 11.8 Å². The number of ether oxygens (including phenoxy) is 1. The van der Waals surface area contributed by atoms with Crippen molar-refractivity contribution >= 4 is 29.1 Å². The Kier molecular flexibility index (Phi) is 6.70. The van der Waals surface area contributed by atoms with E-state index < -0.39 is 6.10 Å². The Morgan fingerprint density at radius 3 is 2.61 bits per heavy atom. The Morgan fingerprint density at radius 2 is 1.87 bits per heavy atom. The summed E-state index contributed by atoms with van der Waals surface area (Å²) >= 11 is 1.43. The zero-order valence-electron chi connectivity index (χ0n) is 17.7. The highest BCUT2D eigenvalue weighted by molar-refractivity contribution is 7.12. The van der Waals surface area contributed by atoms with Crippen LogP contribution in [0.5, 0.6) is 0 Å². The van der Waals surface area contributed by atoms with Crippen LogP contribution in [-0.4, -0.2) is 41.9 Å². The molecule has 0 radical (unpaired) electrons. The van der Waals surface area contributed by atoms with Crippen molar-refractivity contribution in [3.8, 4) is 0 Å². The summed E-state index contributed by atoms with van der Waals surface area (Å²) in [7, 11) is 0. The summed E-state index contributed by atoms with van der Waals surface area (Å²) in [5.41, 5.74) is 2.43. The van der Waals surface area contributed by atoms with E-state index >= 15 is 0 Å². The highest BCUT2D eigenvalue weighted by atomic mass is 32.1. The number of hydrogen-bond donors (Lipinski definition) is 1. The van der Waals surface area contributed by atoms with Gasteiger partial charge < -0.3 is 15.0 Å². The molecule has 1 aliphatic carbocycles. The number of aryl methyl sites for hydroxylation is 1. The minimum atomic E-state index is -0.840. The molecule has 1 aliphatic heterocycles. The molecule has 0 unspecified atom stereocenters. The standard InChI is InChI=1S/C24H28N2O4S/c1-16(22(27)25-20-9-4-7-17-6-2-3-8-19(17)20)30-24(29)18-11-13-26(14-12-18)23(28)21-10-5-15-31-21/h2-3,5-6,8,10,15-16,18,20H,4,7,9,11-14H2,1H3,(H,25,27)/t16-,20-/m1/s1. The average molecular weight is 441 g/mol. The first-order valence-electron chi connectivity index (χ1n) is 10.9. The summed E-state index contributed by atoms with van der Waals surface area (Å²) < 4.78 is 5.50. The maximum Gasteiger partial charge on any atom is 0.309 e. The van der Waals surface area contributed by atoms with E-state index in [0.717, 1.165) is 29.7 Å². The average Bonchev–Trinajstić information content (AvgIpc) is 3.34. The number of piperidine rings is 1. The molecular formula is C24H28N2O4S. The van der Waals surface area contributed by atoms with Crippen molar-refractivity contribution in [2.45, 2.75) is 51.2 Å². The smallest absolute Gasteiger partial charge is 0.309 e. The summed E-state index contributed by atoms with van der Waals surface area (Å²) in [6.45, 7) is 2.67. The zero-order chi connectivity index (χ0) is 21.8. The molecule has 164 valence electrons. The van der Waals surface area contributed by atoms with Crippen LogP contribution in [0.2, 0.25) is 0 Å². The lowest BCUT2D eigenvalue weighted by atomic mass is 9.87. The first-order valence-corrected chi connectivity index (χ1v) is 11.8. The Hall–Kier alpha value is -2.67. The van der Waals surface area contributed by atoms with E-state index in [-0.39, 0.29) is 29.7 Å². The van der Waals surface area contributed by atoms with Gasteiger partial charge in [0, 0.05) is 13.1 Å². The molecule has 1 fully saturated rings. The number of esters is 1. The number of likely N-dealkylation sites (tertiary alicyclic amines) is 1. The molecule has 1 aromatic carbocycles. The summed E-state index contributed by atoms with van der Waals surface area (Å²) in [4.78, 5) is 40.2. The lowest BCUT2D eigenvalue weighted by molar-refractivity contribution is -0.160. The monoisotopic (exact) mass is 440 g/mol. The molecular weight excluding hydrogens is 412 g/mol. The number of nitrogens with one attached hydrogen (secondary N) is 1. The van der Waals surface area contributed by atoms with Crippen LogP contribution in [0.3, 0.4) is 0 Å². The summed E-state index contributed by atoms with van der Waals surface area (Å²) in [6, 6.07) is 11.8. The van der Waals surface area contributed by atoms with Gasteiger partial charge in [-0.1, -0.05) is 30.3 Å². The predicted molar refractivity (Wildman–Crippen MR) is 119 cm³/mol. The van der Waals surface area contributed by atoms with Gasteiger partial charge in [-0.05, 0) is 61.6 Å². The third-order valence-corrected chi connectivity index (χ3v) is 7.05. The van der Waals surface area contributed by atoms with Gasteiger partial charge >= 0.3 is 5.97 Å². The summed E-state index contributed by atoms with van der Waals surface area (Å²) in [5, 5.41) is 4.94. The maximum absolute atomic E-state index is 12.7. The molecule has 4 rings (SSSR count). The summed E-state index contributed by atoms with van der Waals surface area (Å²) in [5.74, 6) is -0.879. The number of thiophene rings is 1. The molecule has 1 aromatic heterocycles. The first-order chi connectivity index (χ1) is 15.0. The van der Waals surface area contributed by atoms with Crippen LogP contribution >= 0.6 is 11.3 Å². The van der Waals surface area contributed by atoms with E-state index in [4.69, 9.17) is 4.74 Å². The molecule has 1 saturated heterocycles. The molecule has 2 heterocycles. The number of hydrogen-bond acceptors (Lipinski definition) is 5. The predicted octanol–water partition coefficient (Wildman–Crippen LogP) is 3.73. The van der Waals surface area contributed by atoms with Gasteiger partial charge in [-0.25, -0.2) is 0 Å². The largest absolute Gasteiger partial charge is 0.452 e. The minimum Gasteiger partial charge on any atom is -0.452 e. The number of fused-ring (bicyclic) bond motifs is 1. The van der Waals surface area contributed by atoms with Crippen LogP contribution in [-0.2, 0) is 20.7 Å². The second kappa shape index (κ2) is 9.64. The van der Waals surface area contributed by atoms with Crippen LogP contribution in [0.25, 0.3) is 0 Å². The molecule has 0 saturated carbocycles. The molecule has 0 bridgehead atoms. The van der Waals surface area contributed by atoms with Crippen LogP contribution in [0.15, 0.2) is 41.8 Å². The van der Waals surface area contributed by atoms with Gasteiger partial charge in [-0.3, -0.25) is 14.4 Å². The Balaban J connectivity index is 1.26. The van der Waals surface area contributed by atoms with Crippen molar-refractivity contribution in [1.82, 2.24) is 10.2 Å². The molecule has 2 amide bonds. The van der Waals surface area contributed by atoms with Crippen molar-refractivity contribution in [3.05, 3.63) is 57.8 Å². The number of carbonyl (C=O) groups is 3. The van der Waals surface area contributed by atoms with Crippen LogP contribution in [0.1, 0.15) is 59.4 Å². The van der Waals surface area contributed by atoms with Gasteiger partial charge in [0.05, 0.1) is 16.8 Å². The Bertz CT molecular complexity index is 935. The third-order valence-electron chi connectivity index (χ3n) is 6.20. The normalized spacial score (nSPS) is 19.9. The lowest BCUT2D eigenvalue weighted by Gasteiger charge is -2.31. The first kappa shape index (κ1) is 21.6. The van der Waals surface area contributed by atoms with Crippen LogP contribution in [0, 0.1) is 5.92 Å². The topological polar surface area (TPSA) is 75.7 Å². The van der Waals surface area contributed by atoms with Crippen molar-refractivity contribution in [2.24, 2.45) is 5.92 Å². The van der Waals surface area contributed by atoms with Crippen molar-refractivity contribution in [2.75, 3.05) is 13.1 Å². The van der Waals surface area contributed by atoms with E-state index in [1.54, 1.807) is 11.8 Å². The van der Waals surface area contributed by atoms with Gasteiger partial charge in [0.15, 0.2) is 6.10 Å². The second-order valence-electron chi connectivity index (χ2n) is 8.28. The van der Waals surface area contributed by atoms with E-state index in [9.17, 15) is 14.4 Å². The fourth-order valence-electron chi connectivity index (χ4n) is 4.39. The lowest BCUT2D eigenvalue weighted by Crippen LogP contribution is -2.43. The minimum absolute atomic E-state index is 0.0160. The zero-order valence-corrected chi connectivity index (χ0v) is 18.5. The summed E-state index contributed by atoms with van der Waals surface area (Å²) in [6.07, 6.45) is 3.22. The maximum atomic E-state index is 12.7. The van der Waals surface area contributed by atoms with Crippen molar-refractivity contribution in [3.63, 3.8) is 0 Å². The highest BCUT2D eigenvalue weighted by Gasteiger charge is 2.32.